The number of ketones is 1. The molecule has 1 N–H and O–H groups in total. The van der Waals surface area contributed by atoms with Gasteiger partial charge in [0.05, 0.1) is 12.1 Å². The topological polar surface area (TPSA) is 52.9 Å². The van der Waals surface area contributed by atoms with Crippen molar-refractivity contribution in [1.29, 1.82) is 0 Å². The average molecular weight is 324 g/mol. The summed E-state index contributed by atoms with van der Waals surface area (Å²) < 4.78 is 0. The number of aliphatic hydroxyl groups is 1. The van der Waals surface area contributed by atoms with Gasteiger partial charge in [0.1, 0.15) is 5.78 Å². The predicted molar refractivity (Wildman–Crippen MR) is 95.6 cm³/mol. The highest BCUT2D eigenvalue weighted by Gasteiger charge is 2.43. The molecule has 0 radical (unpaired) electrons. The van der Waals surface area contributed by atoms with Gasteiger partial charge in [-0.15, -0.1) is 0 Å². The molecule has 1 saturated heterocycles. The van der Waals surface area contributed by atoms with Crippen LogP contribution in [0.4, 0.5) is 5.69 Å². The van der Waals surface area contributed by atoms with Crippen molar-refractivity contribution in [1.82, 2.24) is 0 Å². The molecular formula is C20H24N2O2. The third-order valence-corrected chi connectivity index (χ3v) is 5.54. The molecule has 4 nitrogen and oxygen atoms in total. The van der Waals surface area contributed by atoms with E-state index in [2.05, 4.69) is 29.2 Å². The first kappa shape index (κ1) is 15.6. The van der Waals surface area contributed by atoms with E-state index in [0.717, 1.165) is 42.8 Å². The maximum absolute atomic E-state index is 11.9. The van der Waals surface area contributed by atoms with Crippen molar-refractivity contribution in [3.05, 3.63) is 41.5 Å². The fourth-order valence-electron chi connectivity index (χ4n) is 4.48. The Morgan fingerprint density at radius 3 is 2.62 bits per heavy atom. The molecule has 4 heteroatoms. The Morgan fingerprint density at radius 2 is 1.92 bits per heavy atom. The van der Waals surface area contributed by atoms with Crippen molar-refractivity contribution in [2.24, 2.45) is 10.9 Å². The van der Waals surface area contributed by atoms with Gasteiger partial charge in [-0.25, -0.2) is 0 Å². The number of hydrogen-bond acceptors (Lipinski definition) is 4. The van der Waals surface area contributed by atoms with Gasteiger partial charge in [0.15, 0.2) is 0 Å². The average Bonchev–Trinajstić information content (AvgIpc) is 3.00. The molecule has 2 aliphatic heterocycles. The lowest BCUT2D eigenvalue weighted by atomic mass is 9.74. The first-order chi connectivity index (χ1) is 11.5. The summed E-state index contributed by atoms with van der Waals surface area (Å²) in [6.45, 7) is 4.40. The number of carbonyl (C=O) groups is 1. The zero-order valence-electron chi connectivity index (χ0n) is 14.2. The number of nitrogens with zero attached hydrogens (tertiary/aromatic N) is 2. The van der Waals surface area contributed by atoms with E-state index in [1.807, 2.05) is 6.07 Å². The van der Waals surface area contributed by atoms with E-state index >= 15 is 0 Å². The van der Waals surface area contributed by atoms with Gasteiger partial charge in [-0.2, -0.15) is 0 Å². The number of aliphatic imine (C=N–C) groups is 1. The second kappa shape index (κ2) is 5.85. The van der Waals surface area contributed by atoms with E-state index < -0.39 is 5.60 Å². The molecule has 1 aromatic carbocycles. The molecule has 3 aliphatic rings. The van der Waals surface area contributed by atoms with Crippen molar-refractivity contribution < 1.29 is 9.90 Å². The van der Waals surface area contributed by atoms with E-state index in [0.29, 0.717) is 18.9 Å². The third kappa shape index (κ3) is 2.69. The number of rotatable bonds is 2. The molecule has 1 aromatic rings. The molecule has 126 valence electrons. The van der Waals surface area contributed by atoms with E-state index in [1.54, 1.807) is 6.92 Å². The first-order valence-electron chi connectivity index (χ1n) is 8.86. The molecule has 0 aromatic heterocycles. The van der Waals surface area contributed by atoms with Crippen molar-refractivity contribution in [3.63, 3.8) is 0 Å². The summed E-state index contributed by atoms with van der Waals surface area (Å²) in [7, 11) is 0. The Morgan fingerprint density at radius 1 is 1.21 bits per heavy atom. The molecule has 0 bridgehead atoms. The summed E-state index contributed by atoms with van der Waals surface area (Å²) in [5.41, 5.74) is 3.36. The summed E-state index contributed by atoms with van der Waals surface area (Å²) in [5, 5.41) is 10.8. The normalized spacial score (nSPS) is 28.2. The van der Waals surface area contributed by atoms with Crippen LogP contribution in [0.2, 0.25) is 0 Å². The minimum absolute atomic E-state index is 0.133. The van der Waals surface area contributed by atoms with Gasteiger partial charge in [0, 0.05) is 48.8 Å². The van der Waals surface area contributed by atoms with Gasteiger partial charge in [-0.05, 0) is 37.5 Å². The van der Waals surface area contributed by atoms with Gasteiger partial charge in [0.25, 0.3) is 0 Å². The fraction of sp³-hybridized carbons (Fsp3) is 0.500. The minimum Gasteiger partial charge on any atom is -0.385 e. The van der Waals surface area contributed by atoms with Gasteiger partial charge in [-0.1, -0.05) is 18.2 Å². The largest absolute Gasteiger partial charge is 0.385 e. The maximum Gasteiger partial charge on any atom is 0.140 e. The number of benzene rings is 1. The Labute approximate surface area is 142 Å². The molecule has 0 saturated carbocycles. The molecule has 1 unspecified atom stereocenters. The van der Waals surface area contributed by atoms with Crippen LogP contribution in [0.3, 0.4) is 0 Å². The van der Waals surface area contributed by atoms with Crippen LogP contribution < -0.4 is 4.90 Å². The zero-order valence-corrected chi connectivity index (χ0v) is 14.2. The van der Waals surface area contributed by atoms with E-state index in [9.17, 15) is 9.90 Å². The van der Waals surface area contributed by atoms with Crippen molar-refractivity contribution in [3.8, 4) is 0 Å². The van der Waals surface area contributed by atoms with Gasteiger partial charge >= 0.3 is 0 Å². The highest BCUT2D eigenvalue weighted by Crippen LogP contribution is 2.40. The number of Topliss-reactive ketones (excluding diaryl/α,β-unsaturated/α-hetero) is 1. The second-order valence-corrected chi connectivity index (χ2v) is 7.44. The zero-order chi connectivity index (χ0) is 16.7. The van der Waals surface area contributed by atoms with Gasteiger partial charge in [-0.3, -0.25) is 9.79 Å². The number of piperidine rings is 1. The van der Waals surface area contributed by atoms with Crippen LogP contribution in [0.15, 0.2) is 46.5 Å². The summed E-state index contributed by atoms with van der Waals surface area (Å²) in [5.74, 6) is 0.534. The lowest BCUT2D eigenvalue weighted by Crippen LogP contribution is -2.42. The molecule has 0 spiro atoms. The lowest BCUT2D eigenvalue weighted by Gasteiger charge is -2.37. The van der Waals surface area contributed by atoms with Gasteiger partial charge < -0.3 is 10.0 Å². The summed E-state index contributed by atoms with van der Waals surface area (Å²) in [6, 6.07) is 10.5. The first-order valence-corrected chi connectivity index (χ1v) is 8.86. The quantitative estimate of drug-likeness (QED) is 0.910. The SMILES string of the molecule is CC1(O)CC(=O)CC2=C1C(C1CCN(c3ccccc3)CC1)=NC2. The molecule has 1 atom stereocenters. The van der Waals surface area contributed by atoms with Crippen molar-refractivity contribution >= 4 is 17.2 Å². The Balaban J connectivity index is 1.50. The van der Waals surface area contributed by atoms with Crippen molar-refractivity contribution in [2.75, 3.05) is 24.5 Å². The monoisotopic (exact) mass is 324 g/mol. The Bertz CT molecular complexity index is 710. The number of anilines is 1. The van der Waals surface area contributed by atoms with Gasteiger partial charge in [0.2, 0.25) is 0 Å². The van der Waals surface area contributed by atoms with Crippen LogP contribution >= 0.6 is 0 Å². The summed E-state index contributed by atoms with van der Waals surface area (Å²) >= 11 is 0. The predicted octanol–water partition coefficient (Wildman–Crippen LogP) is 2.77. The Hall–Kier alpha value is -1.94. The van der Waals surface area contributed by atoms with Crippen LogP contribution in [0.1, 0.15) is 32.6 Å². The fourth-order valence-corrected chi connectivity index (χ4v) is 4.48. The smallest absolute Gasteiger partial charge is 0.140 e. The molecule has 24 heavy (non-hydrogen) atoms. The van der Waals surface area contributed by atoms with Crippen LogP contribution in [-0.2, 0) is 4.79 Å². The lowest BCUT2D eigenvalue weighted by molar-refractivity contribution is -0.122. The second-order valence-electron chi connectivity index (χ2n) is 7.44. The highest BCUT2D eigenvalue weighted by atomic mass is 16.3. The molecular weight excluding hydrogens is 300 g/mol. The molecule has 1 aliphatic carbocycles. The number of para-hydroxylation sites is 1. The molecule has 1 fully saturated rings. The third-order valence-electron chi connectivity index (χ3n) is 5.54. The van der Waals surface area contributed by atoms with Crippen LogP contribution in [0.25, 0.3) is 0 Å². The van der Waals surface area contributed by atoms with Crippen molar-refractivity contribution in [2.45, 2.75) is 38.2 Å². The van der Waals surface area contributed by atoms with Crippen LogP contribution in [-0.4, -0.2) is 41.8 Å². The number of hydrogen-bond donors (Lipinski definition) is 1. The highest BCUT2D eigenvalue weighted by molar-refractivity contribution is 6.08. The molecule has 2 heterocycles. The minimum atomic E-state index is -1.03. The Kier molecular flexibility index (Phi) is 3.80. The van der Waals surface area contributed by atoms with Crippen LogP contribution in [0.5, 0.6) is 0 Å². The summed E-state index contributed by atoms with van der Waals surface area (Å²) in [6.07, 6.45) is 2.80. The standard InChI is InChI=1S/C20H24N2O2/c1-20(24)12-17(23)11-15-13-21-19(18(15)20)14-7-9-22(10-8-14)16-5-3-2-4-6-16/h2-6,14,24H,7-13H2,1H3. The maximum atomic E-state index is 11.9. The number of carbonyl (C=O) groups excluding carboxylic acids is 1. The van der Waals surface area contributed by atoms with E-state index in [-0.39, 0.29) is 12.2 Å². The molecule has 4 rings (SSSR count). The van der Waals surface area contributed by atoms with Crippen LogP contribution in [0, 0.1) is 5.92 Å². The van der Waals surface area contributed by atoms with E-state index in [4.69, 9.17) is 4.99 Å². The van der Waals surface area contributed by atoms with E-state index in [1.165, 1.54) is 5.69 Å². The molecule has 0 amide bonds. The summed E-state index contributed by atoms with van der Waals surface area (Å²) in [4.78, 5) is 19.0.